The molecule has 0 saturated heterocycles. The number of anilines is 1. The van der Waals surface area contributed by atoms with Gasteiger partial charge in [-0.25, -0.2) is 0 Å². The molecular formula is C13H10N2O2S. The van der Waals surface area contributed by atoms with Crippen molar-refractivity contribution < 1.29 is 4.92 Å². The van der Waals surface area contributed by atoms with Crippen LogP contribution in [-0.2, 0) is 0 Å². The lowest BCUT2D eigenvalue weighted by Gasteiger charge is -2.08. The first-order valence-corrected chi connectivity index (χ1v) is 5.69. The number of thiocarbonyl (C=S) groups is 1. The van der Waals surface area contributed by atoms with E-state index in [-0.39, 0.29) is 5.69 Å². The second-order valence-electron chi connectivity index (χ2n) is 3.59. The molecule has 0 aliphatic rings. The van der Waals surface area contributed by atoms with Gasteiger partial charge in [-0.05, 0) is 18.2 Å². The van der Waals surface area contributed by atoms with Crippen molar-refractivity contribution in [3.05, 3.63) is 70.3 Å². The van der Waals surface area contributed by atoms with E-state index in [9.17, 15) is 10.1 Å². The van der Waals surface area contributed by atoms with Gasteiger partial charge in [-0.1, -0.05) is 42.5 Å². The highest BCUT2D eigenvalue weighted by Crippen LogP contribution is 2.19. The van der Waals surface area contributed by atoms with Gasteiger partial charge in [-0.3, -0.25) is 10.1 Å². The molecule has 0 aromatic heterocycles. The molecular weight excluding hydrogens is 248 g/mol. The van der Waals surface area contributed by atoms with Crippen LogP contribution in [-0.4, -0.2) is 9.91 Å². The second-order valence-corrected chi connectivity index (χ2v) is 4.00. The molecule has 0 spiro atoms. The van der Waals surface area contributed by atoms with E-state index in [2.05, 4.69) is 5.32 Å². The minimum Gasteiger partial charge on any atom is -0.346 e. The molecule has 0 unspecified atom stereocenters. The van der Waals surface area contributed by atoms with Crippen LogP contribution in [0.3, 0.4) is 0 Å². The average molecular weight is 258 g/mol. The summed E-state index contributed by atoms with van der Waals surface area (Å²) < 4.78 is 0. The molecule has 0 aliphatic heterocycles. The van der Waals surface area contributed by atoms with Crippen LogP contribution in [0.4, 0.5) is 11.4 Å². The van der Waals surface area contributed by atoms with Gasteiger partial charge in [0.2, 0.25) is 0 Å². The SMILES string of the molecule is O=[N+]([O-])c1ccccc1C(=S)Nc1ccccc1. The Kier molecular flexibility index (Phi) is 3.64. The van der Waals surface area contributed by atoms with Crippen molar-refractivity contribution in [1.82, 2.24) is 0 Å². The van der Waals surface area contributed by atoms with E-state index >= 15 is 0 Å². The first-order chi connectivity index (χ1) is 8.68. The zero-order valence-corrected chi connectivity index (χ0v) is 10.2. The molecule has 2 aromatic carbocycles. The van der Waals surface area contributed by atoms with Crippen LogP contribution in [0.15, 0.2) is 54.6 Å². The molecule has 0 heterocycles. The molecule has 1 N–H and O–H groups in total. The van der Waals surface area contributed by atoms with Gasteiger partial charge >= 0.3 is 0 Å². The van der Waals surface area contributed by atoms with Gasteiger partial charge in [0.1, 0.15) is 4.99 Å². The van der Waals surface area contributed by atoms with E-state index in [1.807, 2.05) is 30.3 Å². The Morgan fingerprint density at radius 3 is 2.33 bits per heavy atom. The molecule has 90 valence electrons. The highest BCUT2D eigenvalue weighted by molar-refractivity contribution is 7.81. The van der Waals surface area contributed by atoms with Gasteiger partial charge < -0.3 is 5.32 Å². The summed E-state index contributed by atoms with van der Waals surface area (Å²) in [5, 5.41) is 13.9. The number of hydrogen-bond donors (Lipinski definition) is 1. The van der Waals surface area contributed by atoms with Crippen LogP contribution >= 0.6 is 12.2 Å². The summed E-state index contributed by atoms with van der Waals surface area (Å²) in [7, 11) is 0. The number of nitrogens with one attached hydrogen (secondary N) is 1. The third-order valence-corrected chi connectivity index (χ3v) is 2.70. The molecule has 0 atom stereocenters. The number of hydrogen-bond acceptors (Lipinski definition) is 3. The van der Waals surface area contributed by atoms with Crippen molar-refractivity contribution >= 4 is 28.6 Å². The molecule has 4 nitrogen and oxygen atoms in total. The third-order valence-electron chi connectivity index (χ3n) is 2.38. The fraction of sp³-hybridized carbons (Fsp3) is 0. The molecule has 0 fully saturated rings. The average Bonchev–Trinajstić information content (AvgIpc) is 2.40. The number of nitro benzene ring substituents is 1. The monoisotopic (exact) mass is 258 g/mol. The third kappa shape index (κ3) is 2.70. The Bertz CT molecular complexity index is 585. The van der Waals surface area contributed by atoms with Gasteiger partial charge in [-0.2, -0.15) is 0 Å². The lowest BCUT2D eigenvalue weighted by atomic mass is 10.1. The predicted molar refractivity (Wildman–Crippen MR) is 74.9 cm³/mol. The van der Waals surface area contributed by atoms with Crippen LogP contribution in [0, 0.1) is 10.1 Å². The van der Waals surface area contributed by atoms with Crippen LogP contribution in [0.5, 0.6) is 0 Å². The van der Waals surface area contributed by atoms with Crippen molar-refractivity contribution in [2.45, 2.75) is 0 Å². The molecule has 2 aromatic rings. The molecule has 0 aliphatic carbocycles. The Balaban J connectivity index is 2.27. The van der Waals surface area contributed by atoms with Gasteiger partial charge in [0.25, 0.3) is 5.69 Å². The van der Waals surface area contributed by atoms with Gasteiger partial charge in [0.15, 0.2) is 0 Å². The summed E-state index contributed by atoms with van der Waals surface area (Å²) in [5.41, 5.74) is 1.23. The maximum absolute atomic E-state index is 10.9. The standard InChI is InChI=1S/C13H10N2O2S/c16-15(17)12-9-5-4-8-11(12)13(18)14-10-6-2-1-3-7-10/h1-9H,(H,14,18). The molecule has 2 rings (SSSR count). The molecule has 0 radical (unpaired) electrons. The fourth-order valence-corrected chi connectivity index (χ4v) is 1.84. The minimum atomic E-state index is -0.436. The molecule has 0 amide bonds. The first-order valence-electron chi connectivity index (χ1n) is 5.28. The summed E-state index contributed by atoms with van der Waals surface area (Å²) in [6.45, 7) is 0. The van der Waals surface area contributed by atoms with Crippen LogP contribution in [0.1, 0.15) is 5.56 Å². The van der Waals surface area contributed by atoms with Crippen molar-refractivity contribution in [3.8, 4) is 0 Å². The topological polar surface area (TPSA) is 55.2 Å². The van der Waals surface area contributed by atoms with Crippen LogP contribution < -0.4 is 5.32 Å². The normalized spacial score (nSPS) is 9.78. The van der Waals surface area contributed by atoms with Crippen molar-refractivity contribution in [1.29, 1.82) is 0 Å². The zero-order valence-electron chi connectivity index (χ0n) is 9.37. The Morgan fingerprint density at radius 2 is 1.67 bits per heavy atom. The van der Waals surface area contributed by atoms with Crippen LogP contribution in [0.2, 0.25) is 0 Å². The van der Waals surface area contributed by atoms with E-state index in [1.54, 1.807) is 18.2 Å². The summed E-state index contributed by atoms with van der Waals surface area (Å²) >= 11 is 5.19. The van der Waals surface area contributed by atoms with Crippen LogP contribution in [0.25, 0.3) is 0 Å². The summed E-state index contributed by atoms with van der Waals surface area (Å²) in [5.74, 6) is 0. The Morgan fingerprint density at radius 1 is 1.06 bits per heavy atom. The quantitative estimate of drug-likeness (QED) is 0.521. The number of nitrogens with zero attached hydrogens (tertiary/aromatic N) is 1. The van der Waals surface area contributed by atoms with Crippen molar-refractivity contribution in [2.24, 2.45) is 0 Å². The molecule has 18 heavy (non-hydrogen) atoms. The zero-order chi connectivity index (χ0) is 13.0. The highest BCUT2D eigenvalue weighted by atomic mass is 32.1. The number of nitro groups is 1. The minimum absolute atomic E-state index is 0.00549. The predicted octanol–water partition coefficient (Wildman–Crippen LogP) is 3.38. The van der Waals surface area contributed by atoms with Crippen molar-refractivity contribution in [2.75, 3.05) is 5.32 Å². The maximum atomic E-state index is 10.9. The summed E-state index contributed by atoms with van der Waals surface area (Å²) in [6, 6.07) is 15.7. The Labute approximate surface area is 109 Å². The largest absolute Gasteiger partial charge is 0.346 e. The van der Waals surface area contributed by atoms with E-state index in [4.69, 9.17) is 12.2 Å². The van der Waals surface area contributed by atoms with Crippen molar-refractivity contribution in [3.63, 3.8) is 0 Å². The summed E-state index contributed by atoms with van der Waals surface area (Å²) in [4.78, 5) is 10.8. The van der Waals surface area contributed by atoms with E-state index in [1.165, 1.54) is 6.07 Å². The fourth-order valence-electron chi connectivity index (χ4n) is 1.54. The van der Waals surface area contributed by atoms with E-state index < -0.39 is 4.92 Å². The summed E-state index contributed by atoms with van der Waals surface area (Å²) in [6.07, 6.45) is 0. The second kappa shape index (κ2) is 5.37. The van der Waals surface area contributed by atoms with E-state index in [0.717, 1.165) is 5.69 Å². The lowest BCUT2D eigenvalue weighted by molar-refractivity contribution is -0.385. The molecule has 5 heteroatoms. The van der Waals surface area contributed by atoms with E-state index in [0.29, 0.717) is 10.6 Å². The highest BCUT2D eigenvalue weighted by Gasteiger charge is 2.15. The van der Waals surface area contributed by atoms with Gasteiger partial charge in [0.05, 0.1) is 10.5 Å². The molecule has 0 saturated carbocycles. The number of para-hydroxylation sites is 2. The first kappa shape index (κ1) is 12.2. The maximum Gasteiger partial charge on any atom is 0.279 e. The Hall–Kier alpha value is -2.27. The molecule has 0 bridgehead atoms. The number of benzene rings is 2. The smallest absolute Gasteiger partial charge is 0.279 e. The lowest BCUT2D eigenvalue weighted by Crippen LogP contribution is -2.12. The van der Waals surface area contributed by atoms with Gasteiger partial charge in [0, 0.05) is 11.8 Å². The van der Waals surface area contributed by atoms with Gasteiger partial charge in [-0.15, -0.1) is 0 Å². The number of rotatable bonds is 3.